The van der Waals surface area contributed by atoms with Crippen LogP contribution in [0.2, 0.25) is 0 Å². The Morgan fingerprint density at radius 1 is 0.784 bits per heavy atom. The molecule has 0 atom stereocenters. The number of esters is 2. The van der Waals surface area contributed by atoms with Crippen LogP contribution in [0.15, 0.2) is 89.9 Å². The standard InChI is InChI=1S/C29H28O7S/c1-5-34-27-25(20-6-10-22(11-7-20)35-28(32)18(2)16-30)14-24(37-4)15-26(27)21-8-12-23(13-9-21)36-29(33)19(3)17-31/h6-15,30-31H,2-3,5,16-17H2,1,4H3. The second kappa shape index (κ2) is 12.9. The minimum atomic E-state index is -0.688. The smallest absolute Gasteiger partial charge is 0.341 e. The van der Waals surface area contributed by atoms with Crippen LogP contribution in [0.5, 0.6) is 17.2 Å². The van der Waals surface area contributed by atoms with Gasteiger partial charge >= 0.3 is 11.9 Å². The highest BCUT2D eigenvalue weighted by Crippen LogP contribution is 2.43. The van der Waals surface area contributed by atoms with E-state index in [2.05, 4.69) is 13.2 Å². The van der Waals surface area contributed by atoms with E-state index in [-0.39, 0.29) is 11.1 Å². The number of aliphatic hydroxyl groups is 2. The van der Waals surface area contributed by atoms with Crippen molar-refractivity contribution in [2.24, 2.45) is 0 Å². The third-order valence-corrected chi connectivity index (χ3v) is 6.00. The normalized spacial score (nSPS) is 10.5. The van der Waals surface area contributed by atoms with E-state index in [4.69, 9.17) is 24.4 Å². The summed E-state index contributed by atoms with van der Waals surface area (Å²) in [4.78, 5) is 24.8. The van der Waals surface area contributed by atoms with Gasteiger partial charge in [0.05, 0.1) is 31.0 Å². The Hall–Kier alpha value is -3.85. The number of rotatable bonds is 11. The van der Waals surface area contributed by atoms with Gasteiger partial charge in [-0.25, -0.2) is 9.59 Å². The van der Waals surface area contributed by atoms with Gasteiger partial charge in [-0.2, -0.15) is 0 Å². The van der Waals surface area contributed by atoms with Crippen molar-refractivity contribution >= 4 is 23.7 Å². The summed E-state index contributed by atoms with van der Waals surface area (Å²) in [6.45, 7) is 8.35. The maximum Gasteiger partial charge on any atom is 0.341 e. The summed E-state index contributed by atoms with van der Waals surface area (Å²) < 4.78 is 16.6. The van der Waals surface area contributed by atoms with Gasteiger partial charge in [0.1, 0.15) is 17.2 Å². The summed E-state index contributed by atoms with van der Waals surface area (Å²) in [6, 6.07) is 18.0. The highest BCUT2D eigenvalue weighted by atomic mass is 32.2. The first-order valence-corrected chi connectivity index (χ1v) is 12.6. The first-order chi connectivity index (χ1) is 17.8. The molecule has 0 saturated carbocycles. The molecule has 7 nitrogen and oxygen atoms in total. The molecule has 192 valence electrons. The van der Waals surface area contributed by atoms with Gasteiger partial charge in [-0.3, -0.25) is 0 Å². The lowest BCUT2D eigenvalue weighted by Gasteiger charge is -2.18. The van der Waals surface area contributed by atoms with Crippen molar-refractivity contribution in [3.63, 3.8) is 0 Å². The molecule has 3 aromatic rings. The number of carbonyl (C=O) groups excluding carboxylic acids is 2. The fraction of sp³-hybridized carbons (Fsp3) is 0.172. The highest BCUT2D eigenvalue weighted by Gasteiger charge is 2.17. The predicted octanol–water partition coefficient (Wildman–Crippen LogP) is 5.05. The summed E-state index contributed by atoms with van der Waals surface area (Å²) in [5.41, 5.74) is 3.37. The molecular formula is C29H28O7S. The average Bonchev–Trinajstić information content (AvgIpc) is 2.93. The van der Waals surface area contributed by atoms with Crippen molar-refractivity contribution in [1.29, 1.82) is 0 Å². The van der Waals surface area contributed by atoms with Crippen molar-refractivity contribution in [2.45, 2.75) is 11.8 Å². The van der Waals surface area contributed by atoms with Gasteiger partial charge in [-0.15, -0.1) is 11.8 Å². The Morgan fingerprint density at radius 2 is 1.19 bits per heavy atom. The third-order valence-electron chi connectivity index (χ3n) is 5.30. The van der Waals surface area contributed by atoms with E-state index in [9.17, 15) is 9.59 Å². The number of hydrogen-bond donors (Lipinski definition) is 2. The highest BCUT2D eigenvalue weighted by molar-refractivity contribution is 7.98. The Balaban J connectivity index is 1.99. The Morgan fingerprint density at radius 3 is 1.51 bits per heavy atom. The molecule has 0 spiro atoms. The van der Waals surface area contributed by atoms with Gasteiger partial charge < -0.3 is 24.4 Å². The zero-order chi connectivity index (χ0) is 26.9. The van der Waals surface area contributed by atoms with Gasteiger partial charge in [-0.1, -0.05) is 37.4 Å². The lowest BCUT2D eigenvalue weighted by atomic mass is 9.97. The molecule has 2 N–H and O–H groups in total. The van der Waals surface area contributed by atoms with Crippen LogP contribution in [-0.2, 0) is 9.59 Å². The Bertz CT molecular complexity index is 1200. The number of hydrogen-bond acceptors (Lipinski definition) is 8. The Kier molecular flexibility index (Phi) is 9.68. The molecule has 37 heavy (non-hydrogen) atoms. The quantitative estimate of drug-likeness (QED) is 0.157. The van der Waals surface area contributed by atoms with Crippen LogP contribution >= 0.6 is 11.8 Å². The zero-order valence-corrected chi connectivity index (χ0v) is 21.5. The molecular weight excluding hydrogens is 492 g/mol. The zero-order valence-electron chi connectivity index (χ0n) is 20.7. The van der Waals surface area contributed by atoms with E-state index in [1.54, 1.807) is 36.0 Å². The molecule has 0 bridgehead atoms. The van der Waals surface area contributed by atoms with Crippen LogP contribution in [0.1, 0.15) is 6.92 Å². The van der Waals surface area contributed by atoms with E-state index in [1.807, 2.05) is 49.6 Å². The van der Waals surface area contributed by atoms with Crippen LogP contribution < -0.4 is 14.2 Å². The molecule has 0 aliphatic rings. The number of thioether (sulfide) groups is 1. The number of aliphatic hydroxyl groups excluding tert-OH is 2. The topological polar surface area (TPSA) is 102 Å². The van der Waals surface area contributed by atoms with Crippen molar-refractivity contribution < 1.29 is 34.0 Å². The molecule has 0 aromatic heterocycles. The molecule has 0 heterocycles. The summed E-state index contributed by atoms with van der Waals surface area (Å²) in [5.74, 6) is -0.0382. The average molecular weight is 521 g/mol. The maximum absolute atomic E-state index is 11.9. The van der Waals surface area contributed by atoms with E-state index in [1.165, 1.54) is 0 Å². The van der Waals surface area contributed by atoms with E-state index in [0.29, 0.717) is 23.9 Å². The fourth-order valence-corrected chi connectivity index (χ4v) is 3.81. The van der Waals surface area contributed by atoms with Gasteiger partial charge in [0, 0.05) is 16.0 Å². The lowest BCUT2D eigenvalue weighted by Crippen LogP contribution is -2.12. The molecule has 8 heteroatoms. The minimum Gasteiger partial charge on any atom is -0.493 e. The van der Waals surface area contributed by atoms with Crippen molar-refractivity contribution in [3.05, 3.63) is 85.0 Å². The SMILES string of the molecule is C=C(CO)C(=O)Oc1ccc(-c2cc(SC)cc(-c3ccc(OC(=O)C(=C)CO)cc3)c2OCC)cc1. The molecule has 0 aliphatic heterocycles. The fourth-order valence-electron chi connectivity index (χ4n) is 3.34. The summed E-state index contributed by atoms with van der Waals surface area (Å²) in [5, 5.41) is 18.1. The maximum atomic E-state index is 11.9. The number of benzene rings is 3. The third kappa shape index (κ3) is 6.89. The van der Waals surface area contributed by atoms with Crippen LogP contribution in [0.3, 0.4) is 0 Å². The number of ether oxygens (including phenoxy) is 3. The molecule has 0 unspecified atom stereocenters. The van der Waals surface area contributed by atoms with Crippen LogP contribution in [0.4, 0.5) is 0 Å². The van der Waals surface area contributed by atoms with E-state index >= 15 is 0 Å². The second-order valence-corrected chi connectivity index (χ2v) is 8.72. The predicted molar refractivity (Wildman–Crippen MR) is 144 cm³/mol. The molecule has 3 rings (SSSR count). The first-order valence-electron chi connectivity index (χ1n) is 11.4. The van der Waals surface area contributed by atoms with Gasteiger partial charge in [-0.05, 0) is 60.7 Å². The van der Waals surface area contributed by atoms with Gasteiger partial charge in [0.2, 0.25) is 0 Å². The van der Waals surface area contributed by atoms with Gasteiger partial charge in [0.15, 0.2) is 0 Å². The van der Waals surface area contributed by atoms with E-state index < -0.39 is 25.2 Å². The van der Waals surface area contributed by atoms with Crippen LogP contribution in [-0.4, -0.2) is 48.2 Å². The summed E-state index contributed by atoms with van der Waals surface area (Å²) in [6.07, 6.45) is 1.98. The second-order valence-electron chi connectivity index (χ2n) is 7.84. The minimum absolute atomic E-state index is 0.0286. The van der Waals surface area contributed by atoms with Crippen molar-refractivity contribution in [3.8, 4) is 39.5 Å². The van der Waals surface area contributed by atoms with Crippen molar-refractivity contribution in [2.75, 3.05) is 26.1 Å². The van der Waals surface area contributed by atoms with Crippen LogP contribution in [0.25, 0.3) is 22.3 Å². The summed E-state index contributed by atoms with van der Waals surface area (Å²) in [7, 11) is 0. The van der Waals surface area contributed by atoms with E-state index in [0.717, 1.165) is 27.1 Å². The molecule has 3 aromatic carbocycles. The molecule has 0 fully saturated rings. The molecule has 0 aliphatic carbocycles. The molecule has 0 radical (unpaired) electrons. The monoisotopic (exact) mass is 520 g/mol. The lowest BCUT2D eigenvalue weighted by molar-refractivity contribution is -0.131. The molecule has 0 saturated heterocycles. The summed E-state index contributed by atoms with van der Waals surface area (Å²) >= 11 is 1.59. The first kappa shape index (κ1) is 27.7. The largest absolute Gasteiger partial charge is 0.493 e. The van der Waals surface area contributed by atoms with Crippen molar-refractivity contribution in [1.82, 2.24) is 0 Å². The molecule has 0 amide bonds. The van der Waals surface area contributed by atoms with Gasteiger partial charge in [0.25, 0.3) is 0 Å². The van der Waals surface area contributed by atoms with Crippen LogP contribution in [0, 0.1) is 0 Å². The Labute approximate surface area is 220 Å². The number of carbonyl (C=O) groups is 2.